The molecule has 3 heterocycles. The van der Waals surface area contributed by atoms with Gasteiger partial charge >= 0.3 is 0 Å². The average molecular weight is 449 g/mol. The largest absolute Gasteiger partial charge is 0.492 e. The number of amides is 1. The van der Waals surface area contributed by atoms with E-state index < -0.39 is 10.0 Å². The number of hydrogen-bond donors (Lipinski definition) is 1. The molecular formula is C20H24N4O4S2. The van der Waals surface area contributed by atoms with Gasteiger partial charge in [-0.05, 0) is 51.0 Å². The first-order valence-electron chi connectivity index (χ1n) is 9.82. The second-order valence-electron chi connectivity index (χ2n) is 7.20. The van der Waals surface area contributed by atoms with Crippen molar-refractivity contribution in [1.82, 2.24) is 14.1 Å². The van der Waals surface area contributed by atoms with Gasteiger partial charge in [0.1, 0.15) is 15.5 Å². The molecule has 1 fully saturated rings. The maximum atomic E-state index is 13.1. The van der Waals surface area contributed by atoms with Crippen LogP contribution in [-0.4, -0.2) is 48.1 Å². The van der Waals surface area contributed by atoms with Crippen molar-refractivity contribution in [2.24, 2.45) is 7.05 Å². The lowest BCUT2D eigenvalue weighted by Gasteiger charge is -2.19. The van der Waals surface area contributed by atoms with Crippen molar-refractivity contribution in [3.8, 4) is 5.75 Å². The van der Waals surface area contributed by atoms with Crippen LogP contribution in [0.1, 0.15) is 35.1 Å². The Morgan fingerprint density at radius 3 is 2.67 bits per heavy atom. The summed E-state index contributed by atoms with van der Waals surface area (Å²) in [5, 5.41) is 8.11. The molecule has 1 aliphatic rings. The molecule has 0 spiro atoms. The summed E-state index contributed by atoms with van der Waals surface area (Å²) < 4.78 is 35.0. The maximum Gasteiger partial charge on any atom is 0.265 e. The van der Waals surface area contributed by atoms with Crippen molar-refractivity contribution >= 4 is 43.2 Å². The molecule has 0 saturated carbocycles. The molecule has 0 radical (unpaired) electrons. The Hall–Kier alpha value is -2.43. The fourth-order valence-electron chi connectivity index (χ4n) is 3.64. The van der Waals surface area contributed by atoms with E-state index in [-0.39, 0.29) is 10.8 Å². The Morgan fingerprint density at radius 1 is 1.27 bits per heavy atom. The molecule has 0 atom stereocenters. The molecular weight excluding hydrogens is 424 g/mol. The number of carbonyl (C=O) groups excluding carboxylic acids is 1. The first-order chi connectivity index (χ1) is 14.3. The topological polar surface area (TPSA) is 93.5 Å². The van der Waals surface area contributed by atoms with E-state index in [2.05, 4.69) is 10.4 Å². The number of carbonyl (C=O) groups is 1. The van der Waals surface area contributed by atoms with E-state index in [0.29, 0.717) is 36.0 Å². The Bertz CT molecular complexity index is 1170. The number of fused-ring (bicyclic) bond motifs is 1. The zero-order chi connectivity index (χ0) is 21.5. The van der Waals surface area contributed by atoms with Gasteiger partial charge in [0.05, 0.1) is 17.2 Å². The van der Waals surface area contributed by atoms with Crippen LogP contribution in [0, 0.1) is 6.92 Å². The number of anilines is 1. The third kappa shape index (κ3) is 3.70. The van der Waals surface area contributed by atoms with Gasteiger partial charge in [0.25, 0.3) is 5.91 Å². The number of thiophene rings is 1. The predicted octanol–water partition coefficient (Wildman–Crippen LogP) is 3.38. The molecule has 1 saturated heterocycles. The highest BCUT2D eigenvalue weighted by atomic mass is 32.2. The number of hydrogen-bond acceptors (Lipinski definition) is 6. The molecule has 3 aromatic rings. The fraction of sp³-hybridized carbons (Fsp3) is 0.400. The highest BCUT2D eigenvalue weighted by Crippen LogP contribution is 2.33. The third-order valence-corrected chi connectivity index (χ3v) is 8.22. The van der Waals surface area contributed by atoms with Gasteiger partial charge in [-0.15, -0.1) is 11.3 Å². The van der Waals surface area contributed by atoms with Crippen LogP contribution in [0.5, 0.6) is 5.75 Å². The Kier molecular flexibility index (Phi) is 5.56. The third-order valence-electron chi connectivity index (χ3n) is 5.10. The SMILES string of the molecule is CCOc1ccc(NC(=O)c2cc3c(C)nn(C)c3s2)cc1S(=O)(=O)N1CCCC1. The van der Waals surface area contributed by atoms with E-state index in [1.54, 1.807) is 23.7 Å². The predicted molar refractivity (Wildman–Crippen MR) is 117 cm³/mol. The molecule has 1 aliphatic heterocycles. The van der Waals surface area contributed by atoms with Crippen molar-refractivity contribution in [2.45, 2.75) is 31.6 Å². The lowest BCUT2D eigenvalue weighted by Crippen LogP contribution is -2.28. The summed E-state index contributed by atoms with van der Waals surface area (Å²) in [5.74, 6) is 0.00948. The molecule has 1 N–H and O–H groups in total. The zero-order valence-electron chi connectivity index (χ0n) is 17.1. The molecule has 0 unspecified atom stereocenters. The van der Waals surface area contributed by atoms with Gasteiger partial charge in [-0.1, -0.05) is 0 Å². The van der Waals surface area contributed by atoms with E-state index in [1.165, 1.54) is 21.7 Å². The van der Waals surface area contributed by atoms with Crippen molar-refractivity contribution in [2.75, 3.05) is 25.0 Å². The van der Waals surface area contributed by atoms with Crippen molar-refractivity contribution < 1.29 is 17.9 Å². The summed E-state index contributed by atoms with van der Waals surface area (Å²) in [5.41, 5.74) is 1.27. The number of ether oxygens (including phenoxy) is 1. The quantitative estimate of drug-likeness (QED) is 0.624. The van der Waals surface area contributed by atoms with Crippen molar-refractivity contribution in [3.63, 3.8) is 0 Å². The van der Waals surface area contributed by atoms with Crippen LogP contribution in [0.2, 0.25) is 0 Å². The number of nitrogens with zero attached hydrogens (tertiary/aromatic N) is 3. The van der Waals surface area contributed by atoms with Crippen LogP contribution in [0.3, 0.4) is 0 Å². The molecule has 1 amide bonds. The number of rotatable bonds is 6. The molecule has 2 aromatic heterocycles. The molecule has 10 heteroatoms. The van der Waals surface area contributed by atoms with Gasteiger partial charge in [-0.25, -0.2) is 8.42 Å². The molecule has 4 rings (SSSR count). The molecule has 1 aromatic carbocycles. The van der Waals surface area contributed by atoms with Crippen molar-refractivity contribution in [3.05, 3.63) is 34.8 Å². The standard InChI is InChI=1S/C20H24N4O4S2/c1-4-28-16-8-7-14(11-18(16)30(26,27)24-9-5-6-10-24)21-19(25)17-12-15-13(2)22-23(3)20(15)29-17/h7-8,11-12H,4-6,9-10H2,1-3H3,(H,21,25). The minimum Gasteiger partial charge on any atom is -0.492 e. The van der Waals surface area contributed by atoms with Crippen LogP contribution in [-0.2, 0) is 17.1 Å². The lowest BCUT2D eigenvalue weighted by atomic mass is 10.2. The first-order valence-corrected chi connectivity index (χ1v) is 12.1. The highest BCUT2D eigenvalue weighted by Gasteiger charge is 2.30. The Morgan fingerprint density at radius 2 is 2.00 bits per heavy atom. The van der Waals surface area contributed by atoms with Crippen LogP contribution in [0.15, 0.2) is 29.2 Å². The number of aryl methyl sites for hydroxylation is 2. The van der Waals surface area contributed by atoms with Gasteiger partial charge in [0.15, 0.2) is 0 Å². The Labute approximate surface area is 179 Å². The van der Waals surface area contributed by atoms with Gasteiger partial charge in [-0.3, -0.25) is 9.48 Å². The van der Waals surface area contributed by atoms with E-state index in [4.69, 9.17) is 4.74 Å². The number of aromatic nitrogens is 2. The molecule has 0 bridgehead atoms. The average Bonchev–Trinajstić information content (AvgIpc) is 3.43. The van der Waals surface area contributed by atoms with Crippen LogP contribution in [0.4, 0.5) is 5.69 Å². The van der Waals surface area contributed by atoms with E-state index in [9.17, 15) is 13.2 Å². The van der Waals surface area contributed by atoms with E-state index in [0.717, 1.165) is 28.8 Å². The lowest BCUT2D eigenvalue weighted by molar-refractivity contribution is 0.103. The summed E-state index contributed by atoms with van der Waals surface area (Å²) in [7, 11) is -1.85. The second-order valence-corrected chi connectivity index (χ2v) is 10.1. The molecule has 0 aliphatic carbocycles. The maximum absolute atomic E-state index is 13.1. The minimum atomic E-state index is -3.69. The van der Waals surface area contributed by atoms with Gasteiger partial charge < -0.3 is 10.1 Å². The van der Waals surface area contributed by atoms with Crippen LogP contribution in [0.25, 0.3) is 10.2 Å². The summed E-state index contributed by atoms with van der Waals surface area (Å²) in [6.45, 7) is 5.06. The van der Waals surface area contributed by atoms with Gasteiger partial charge in [0.2, 0.25) is 10.0 Å². The van der Waals surface area contributed by atoms with Gasteiger partial charge in [-0.2, -0.15) is 9.40 Å². The molecule has 30 heavy (non-hydrogen) atoms. The minimum absolute atomic E-state index is 0.0837. The molecule has 160 valence electrons. The van der Waals surface area contributed by atoms with Gasteiger partial charge in [0, 0.05) is 31.2 Å². The smallest absolute Gasteiger partial charge is 0.265 e. The number of nitrogens with one attached hydrogen (secondary N) is 1. The van der Waals surface area contributed by atoms with E-state index in [1.807, 2.05) is 20.0 Å². The van der Waals surface area contributed by atoms with Crippen LogP contribution < -0.4 is 10.1 Å². The second kappa shape index (κ2) is 8.01. The van der Waals surface area contributed by atoms with E-state index >= 15 is 0 Å². The summed E-state index contributed by atoms with van der Waals surface area (Å²) in [6.07, 6.45) is 1.69. The first kappa shape index (κ1) is 20.8. The zero-order valence-corrected chi connectivity index (χ0v) is 18.8. The summed E-state index contributed by atoms with van der Waals surface area (Å²) in [4.78, 5) is 14.4. The van der Waals surface area contributed by atoms with Crippen LogP contribution >= 0.6 is 11.3 Å². The summed E-state index contributed by atoms with van der Waals surface area (Å²) in [6, 6.07) is 6.55. The number of sulfonamides is 1. The normalized spacial score (nSPS) is 15.0. The summed E-state index contributed by atoms with van der Waals surface area (Å²) >= 11 is 1.35. The Balaban J connectivity index is 1.65. The monoisotopic (exact) mass is 448 g/mol. The number of benzene rings is 1. The molecule has 8 nitrogen and oxygen atoms in total. The van der Waals surface area contributed by atoms with Crippen molar-refractivity contribution in [1.29, 1.82) is 0 Å². The fourth-order valence-corrected chi connectivity index (χ4v) is 6.33. The highest BCUT2D eigenvalue weighted by molar-refractivity contribution is 7.89.